The molecule has 0 spiro atoms. The van der Waals surface area contributed by atoms with E-state index in [4.69, 9.17) is 0 Å². The SMILES string of the molecule is C=C(CNC(C)(C)C)CN1CCN(CCC)CC1. The maximum Gasteiger partial charge on any atom is 0.0203 e. The Kier molecular flexibility index (Phi) is 6.33. The molecule has 3 heteroatoms. The lowest BCUT2D eigenvalue weighted by atomic mass is 10.1. The molecule has 0 aromatic rings. The molecule has 1 aliphatic rings. The van der Waals surface area contributed by atoms with Gasteiger partial charge >= 0.3 is 0 Å². The Hall–Kier alpha value is -0.380. The summed E-state index contributed by atoms with van der Waals surface area (Å²) in [5.74, 6) is 0. The average molecular weight is 253 g/mol. The number of rotatable bonds is 6. The average Bonchev–Trinajstić information content (AvgIpc) is 2.29. The van der Waals surface area contributed by atoms with Crippen LogP contribution in [-0.2, 0) is 0 Å². The molecule has 1 N–H and O–H groups in total. The Morgan fingerprint density at radius 1 is 1.11 bits per heavy atom. The Morgan fingerprint density at radius 3 is 2.17 bits per heavy atom. The molecule has 1 saturated heterocycles. The lowest BCUT2D eigenvalue weighted by Crippen LogP contribution is -2.47. The maximum absolute atomic E-state index is 4.19. The summed E-state index contributed by atoms with van der Waals surface area (Å²) in [7, 11) is 0. The van der Waals surface area contributed by atoms with E-state index in [2.05, 4.69) is 49.4 Å². The summed E-state index contributed by atoms with van der Waals surface area (Å²) in [4.78, 5) is 5.09. The van der Waals surface area contributed by atoms with Crippen molar-refractivity contribution in [1.82, 2.24) is 15.1 Å². The standard InChI is InChI=1S/C15H31N3/c1-6-7-17-8-10-18(11-9-17)13-14(2)12-16-15(3,4)5/h16H,2,6-13H2,1,3-5H3. The zero-order valence-electron chi connectivity index (χ0n) is 12.8. The van der Waals surface area contributed by atoms with Crippen molar-refractivity contribution in [3.63, 3.8) is 0 Å². The molecule has 0 radical (unpaired) electrons. The van der Waals surface area contributed by atoms with Gasteiger partial charge in [0.1, 0.15) is 0 Å². The van der Waals surface area contributed by atoms with Gasteiger partial charge in [-0.2, -0.15) is 0 Å². The van der Waals surface area contributed by atoms with Gasteiger partial charge in [-0.3, -0.25) is 4.90 Å². The van der Waals surface area contributed by atoms with E-state index in [1.807, 2.05) is 0 Å². The summed E-state index contributed by atoms with van der Waals surface area (Å²) in [6, 6.07) is 0. The lowest BCUT2D eigenvalue weighted by Gasteiger charge is -2.35. The van der Waals surface area contributed by atoms with Gasteiger partial charge in [0.15, 0.2) is 0 Å². The third-order valence-electron chi connectivity index (χ3n) is 3.32. The van der Waals surface area contributed by atoms with Gasteiger partial charge in [0.2, 0.25) is 0 Å². The van der Waals surface area contributed by atoms with E-state index >= 15 is 0 Å². The molecule has 1 rings (SSSR count). The minimum Gasteiger partial charge on any atom is -0.308 e. The molecular formula is C15H31N3. The number of nitrogens with one attached hydrogen (secondary N) is 1. The fourth-order valence-corrected chi connectivity index (χ4v) is 2.25. The highest BCUT2D eigenvalue weighted by atomic mass is 15.3. The minimum absolute atomic E-state index is 0.183. The van der Waals surface area contributed by atoms with Crippen LogP contribution < -0.4 is 5.32 Å². The summed E-state index contributed by atoms with van der Waals surface area (Å²) < 4.78 is 0. The second kappa shape index (κ2) is 7.27. The van der Waals surface area contributed by atoms with E-state index in [1.165, 1.54) is 44.7 Å². The van der Waals surface area contributed by atoms with E-state index in [1.54, 1.807) is 0 Å². The molecule has 0 amide bonds. The molecule has 18 heavy (non-hydrogen) atoms. The molecule has 0 atom stereocenters. The van der Waals surface area contributed by atoms with Crippen LogP contribution in [0, 0.1) is 0 Å². The summed E-state index contributed by atoms with van der Waals surface area (Å²) in [5.41, 5.74) is 1.48. The molecule has 1 fully saturated rings. The Morgan fingerprint density at radius 2 is 1.67 bits per heavy atom. The fraction of sp³-hybridized carbons (Fsp3) is 0.867. The maximum atomic E-state index is 4.19. The van der Waals surface area contributed by atoms with Crippen LogP contribution in [0.2, 0.25) is 0 Å². The highest BCUT2D eigenvalue weighted by Crippen LogP contribution is 2.06. The number of nitrogens with zero attached hydrogens (tertiary/aromatic N) is 2. The molecular weight excluding hydrogens is 222 g/mol. The van der Waals surface area contributed by atoms with E-state index in [9.17, 15) is 0 Å². The molecule has 0 bridgehead atoms. The minimum atomic E-state index is 0.183. The molecule has 0 unspecified atom stereocenters. The Labute approximate surface area is 113 Å². The third-order valence-corrected chi connectivity index (χ3v) is 3.32. The monoisotopic (exact) mass is 253 g/mol. The van der Waals surface area contributed by atoms with Crippen molar-refractivity contribution in [2.75, 3.05) is 45.8 Å². The van der Waals surface area contributed by atoms with Gasteiger partial charge in [0.05, 0.1) is 0 Å². The first-order valence-corrected chi connectivity index (χ1v) is 7.27. The van der Waals surface area contributed by atoms with Gasteiger partial charge in [0.25, 0.3) is 0 Å². The summed E-state index contributed by atoms with van der Waals surface area (Å²) in [6.45, 7) is 21.1. The molecule has 0 aromatic carbocycles. The first-order valence-electron chi connectivity index (χ1n) is 7.27. The van der Waals surface area contributed by atoms with Gasteiger partial charge in [-0.1, -0.05) is 13.5 Å². The van der Waals surface area contributed by atoms with Gasteiger partial charge in [-0.05, 0) is 39.3 Å². The third kappa shape index (κ3) is 6.53. The normalized spacial score (nSPS) is 19.1. The molecule has 0 aromatic heterocycles. The second-order valence-electron chi connectivity index (χ2n) is 6.47. The highest BCUT2D eigenvalue weighted by Gasteiger charge is 2.17. The largest absolute Gasteiger partial charge is 0.308 e. The van der Waals surface area contributed by atoms with Gasteiger partial charge in [-0.15, -0.1) is 0 Å². The van der Waals surface area contributed by atoms with Crippen LogP contribution in [0.4, 0.5) is 0 Å². The number of hydrogen-bond donors (Lipinski definition) is 1. The molecule has 0 saturated carbocycles. The summed E-state index contributed by atoms with van der Waals surface area (Å²) in [6.07, 6.45) is 1.27. The predicted octanol–water partition coefficient (Wildman–Crippen LogP) is 1.96. The van der Waals surface area contributed by atoms with E-state index in [0.29, 0.717) is 0 Å². The highest BCUT2D eigenvalue weighted by molar-refractivity contribution is 5.01. The van der Waals surface area contributed by atoms with Crippen molar-refractivity contribution in [3.8, 4) is 0 Å². The molecule has 1 aliphatic heterocycles. The Bertz CT molecular complexity index is 247. The van der Waals surface area contributed by atoms with Crippen LogP contribution in [0.5, 0.6) is 0 Å². The number of hydrogen-bond acceptors (Lipinski definition) is 3. The topological polar surface area (TPSA) is 18.5 Å². The first kappa shape index (κ1) is 15.7. The van der Waals surface area contributed by atoms with E-state index < -0.39 is 0 Å². The summed E-state index contributed by atoms with van der Waals surface area (Å²) >= 11 is 0. The number of piperazine rings is 1. The molecule has 1 heterocycles. The lowest BCUT2D eigenvalue weighted by molar-refractivity contribution is 0.140. The molecule has 106 valence electrons. The van der Waals surface area contributed by atoms with E-state index in [0.717, 1.165) is 13.1 Å². The summed E-state index contributed by atoms with van der Waals surface area (Å²) in [5, 5.41) is 3.50. The fourth-order valence-electron chi connectivity index (χ4n) is 2.25. The van der Waals surface area contributed by atoms with Crippen molar-refractivity contribution in [1.29, 1.82) is 0 Å². The van der Waals surface area contributed by atoms with Crippen LogP contribution in [0.15, 0.2) is 12.2 Å². The smallest absolute Gasteiger partial charge is 0.0203 e. The van der Waals surface area contributed by atoms with Crippen molar-refractivity contribution >= 4 is 0 Å². The van der Waals surface area contributed by atoms with Crippen LogP contribution >= 0.6 is 0 Å². The van der Waals surface area contributed by atoms with E-state index in [-0.39, 0.29) is 5.54 Å². The van der Waals surface area contributed by atoms with Crippen LogP contribution in [-0.4, -0.2) is 61.2 Å². The molecule has 0 aliphatic carbocycles. The van der Waals surface area contributed by atoms with Crippen molar-refractivity contribution in [2.24, 2.45) is 0 Å². The Balaban J connectivity index is 2.18. The van der Waals surface area contributed by atoms with Crippen molar-refractivity contribution in [3.05, 3.63) is 12.2 Å². The quantitative estimate of drug-likeness (QED) is 0.730. The van der Waals surface area contributed by atoms with Gasteiger partial charge < -0.3 is 10.2 Å². The predicted molar refractivity (Wildman–Crippen MR) is 80.1 cm³/mol. The molecule has 3 nitrogen and oxygen atoms in total. The zero-order chi connectivity index (χ0) is 13.6. The first-order chi connectivity index (χ1) is 8.40. The van der Waals surface area contributed by atoms with Gasteiger partial charge in [0, 0.05) is 44.8 Å². The van der Waals surface area contributed by atoms with Crippen LogP contribution in [0.3, 0.4) is 0 Å². The van der Waals surface area contributed by atoms with Crippen LogP contribution in [0.1, 0.15) is 34.1 Å². The van der Waals surface area contributed by atoms with Gasteiger partial charge in [-0.25, -0.2) is 0 Å². The van der Waals surface area contributed by atoms with Crippen molar-refractivity contribution < 1.29 is 0 Å². The second-order valence-corrected chi connectivity index (χ2v) is 6.47. The van der Waals surface area contributed by atoms with Crippen LogP contribution in [0.25, 0.3) is 0 Å². The zero-order valence-corrected chi connectivity index (χ0v) is 12.8. The van der Waals surface area contributed by atoms with Crippen molar-refractivity contribution in [2.45, 2.75) is 39.7 Å².